The summed E-state index contributed by atoms with van der Waals surface area (Å²) in [6.07, 6.45) is 1.57. The Morgan fingerprint density at radius 1 is 0.947 bits per heavy atom. The van der Waals surface area contributed by atoms with Crippen molar-refractivity contribution >= 4 is 21.8 Å². The van der Waals surface area contributed by atoms with Gasteiger partial charge in [0.25, 0.3) is 10.0 Å². The number of hydrogen-bond acceptors (Lipinski definition) is 2. The minimum atomic E-state index is -3.48. The summed E-state index contributed by atoms with van der Waals surface area (Å²) in [5.74, 6) is 0. The minimum Gasteiger partial charge on any atom is -0.280 e. The number of benzene rings is 2. The third-order valence-corrected chi connectivity index (χ3v) is 3.57. The fourth-order valence-electron chi connectivity index (χ4n) is 1.55. The monoisotopic (exact) mass is 273 g/mol. The predicted molar refractivity (Wildman–Crippen MR) is 79.2 cm³/mol. The molecule has 0 aliphatic rings. The quantitative estimate of drug-likeness (QED) is 0.928. The van der Waals surface area contributed by atoms with E-state index in [9.17, 15) is 8.42 Å². The Morgan fingerprint density at radius 2 is 1.58 bits per heavy atom. The van der Waals surface area contributed by atoms with E-state index in [1.807, 2.05) is 49.4 Å². The molecule has 0 fully saturated rings. The lowest BCUT2D eigenvalue weighted by molar-refractivity contribution is 0.609. The Hall–Kier alpha value is -2.07. The van der Waals surface area contributed by atoms with Gasteiger partial charge < -0.3 is 0 Å². The van der Waals surface area contributed by atoms with Gasteiger partial charge in [-0.3, -0.25) is 4.72 Å². The van der Waals surface area contributed by atoms with Gasteiger partial charge in [0, 0.05) is 5.69 Å². The van der Waals surface area contributed by atoms with Crippen LogP contribution >= 0.6 is 0 Å². The van der Waals surface area contributed by atoms with E-state index in [-0.39, 0.29) is 0 Å². The molecule has 2 aromatic rings. The molecule has 0 saturated carbocycles. The summed E-state index contributed by atoms with van der Waals surface area (Å²) in [5.41, 5.74) is 2.49. The molecule has 3 nitrogen and oxygen atoms in total. The summed E-state index contributed by atoms with van der Waals surface area (Å²) in [7, 11) is -3.48. The summed E-state index contributed by atoms with van der Waals surface area (Å²) < 4.78 is 26.2. The van der Waals surface area contributed by atoms with Gasteiger partial charge in [0.05, 0.1) is 5.41 Å². The Morgan fingerprint density at radius 3 is 2.21 bits per heavy atom. The van der Waals surface area contributed by atoms with Crippen LogP contribution in [0.4, 0.5) is 5.69 Å². The van der Waals surface area contributed by atoms with E-state index in [1.165, 1.54) is 5.41 Å². The lowest BCUT2D eigenvalue weighted by atomic mass is 10.2. The van der Waals surface area contributed by atoms with E-state index in [0.29, 0.717) is 5.69 Å². The Balaban J connectivity index is 2.11. The third-order valence-electron chi connectivity index (χ3n) is 2.55. The molecular formula is C15H15NO2S. The third kappa shape index (κ3) is 4.26. The number of rotatable bonds is 4. The number of nitrogens with one attached hydrogen (secondary N) is 1. The highest BCUT2D eigenvalue weighted by molar-refractivity contribution is 7.95. The Labute approximate surface area is 113 Å². The summed E-state index contributed by atoms with van der Waals surface area (Å²) in [5, 5.41) is 1.17. The molecule has 0 radical (unpaired) electrons. The molecule has 0 saturated heterocycles. The topological polar surface area (TPSA) is 46.2 Å². The highest BCUT2D eigenvalue weighted by Gasteiger charge is 2.04. The van der Waals surface area contributed by atoms with E-state index in [1.54, 1.807) is 18.2 Å². The maximum atomic E-state index is 11.9. The van der Waals surface area contributed by atoms with Gasteiger partial charge in [0.2, 0.25) is 0 Å². The van der Waals surface area contributed by atoms with Gasteiger partial charge in [0.15, 0.2) is 0 Å². The minimum absolute atomic E-state index is 0.559. The van der Waals surface area contributed by atoms with Crippen molar-refractivity contribution < 1.29 is 8.42 Å². The number of aryl methyl sites for hydroxylation is 1. The van der Waals surface area contributed by atoms with Crippen LogP contribution in [0.15, 0.2) is 60.0 Å². The predicted octanol–water partition coefficient (Wildman–Crippen LogP) is 3.41. The first-order chi connectivity index (χ1) is 9.05. The second-order valence-electron chi connectivity index (χ2n) is 4.23. The SMILES string of the molecule is Cc1ccc(NS(=O)(=O)/C=C/c2ccccc2)cc1. The van der Waals surface area contributed by atoms with Crippen LogP contribution in [0.5, 0.6) is 0 Å². The zero-order valence-electron chi connectivity index (χ0n) is 10.6. The van der Waals surface area contributed by atoms with Crippen LogP contribution in [-0.4, -0.2) is 8.42 Å². The smallest absolute Gasteiger partial charge is 0.255 e. The molecule has 2 aromatic carbocycles. The first kappa shape index (κ1) is 13.4. The van der Waals surface area contributed by atoms with E-state index in [0.717, 1.165) is 11.1 Å². The zero-order valence-corrected chi connectivity index (χ0v) is 11.4. The highest BCUT2D eigenvalue weighted by Crippen LogP contribution is 2.12. The van der Waals surface area contributed by atoms with Crippen molar-refractivity contribution in [2.45, 2.75) is 6.92 Å². The average Bonchev–Trinajstić information content (AvgIpc) is 2.40. The largest absolute Gasteiger partial charge is 0.280 e. The van der Waals surface area contributed by atoms with Crippen LogP contribution in [0.25, 0.3) is 6.08 Å². The Kier molecular flexibility index (Phi) is 4.02. The van der Waals surface area contributed by atoms with E-state index in [4.69, 9.17) is 0 Å². The van der Waals surface area contributed by atoms with E-state index < -0.39 is 10.0 Å². The average molecular weight is 273 g/mol. The summed E-state index contributed by atoms with van der Waals surface area (Å²) in [4.78, 5) is 0. The number of hydrogen-bond donors (Lipinski definition) is 1. The lowest BCUT2D eigenvalue weighted by Gasteiger charge is -2.04. The number of sulfonamides is 1. The van der Waals surface area contributed by atoms with E-state index >= 15 is 0 Å². The second kappa shape index (κ2) is 5.71. The van der Waals surface area contributed by atoms with Crippen molar-refractivity contribution in [2.24, 2.45) is 0 Å². The first-order valence-corrected chi connectivity index (χ1v) is 7.42. The molecule has 98 valence electrons. The van der Waals surface area contributed by atoms with Crippen LogP contribution in [-0.2, 0) is 10.0 Å². The molecular weight excluding hydrogens is 258 g/mol. The molecule has 0 atom stereocenters. The first-order valence-electron chi connectivity index (χ1n) is 5.88. The molecule has 0 amide bonds. The summed E-state index contributed by atoms with van der Waals surface area (Å²) in [6, 6.07) is 16.5. The summed E-state index contributed by atoms with van der Waals surface area (Å²) in [6.45, 7) is 1.95. The fourth-order valence-corrected chi connectivity index (χ4v) is 2.42. The van der Waals surface area contributed by atoms with Crippen molar-refractivity contribution in [1.82, 2.24) is 0 Å². The van der Waals surface area contributed by atoms with Gasteiger partial charge in [-0.25, -0.2) is 8.42 Å². The van der Waals surface area contributed by atoms with Gasteiger partial charge in [-0.1, -0.05) is 48.0 Å². The molecule has 0 aliphatic carbocycles. The number of anilines is 1. The van der Waals surface area contributed by atoms with Crippen molar-refractivity contribution in [3.8, 4) is 0 Å². The zero-order chi connectivity index (χ0) is 13.7. The molecule has 0 spiro atoms. The van der Waals surface area contributed by atoms with Crippen LogP contribution in [0.2, 0.25) is 0 Å². The second-order valence-corrected chi connectivity index (χ2v) is 5.79. The molecule has 19 heavy (non-hydrogen) atoms. The molecule has 0 heterocycles. The van der Waals surface area contributed by atoms with Gasteiger partial charge in [-0.15, -0.1) is 0 Å². The van der Waals surface area contributed by atoms with Gasteiger partial charge in [-0.05, 0) is 30.7 Å². The highest BCUT2D eigenvalue weighted by atomic mass is 32.2. The van der Waals surface area contributed by atoms with Crippen LogP contribution in [0.3, 0.4) is 0 Å². The molecule has 1 N–H and O–H groups in total. The van der Waals surface area contributed by atoms with Gasteiger partial charge in [0.1, 0.15) is 0 Å². The fraction of sp³-hybridized carbons (Fsp3) is 0.0667. The lowest BCUT2D eigenvalue weighted by Crippen LogP contribution is -2.08. The van der Waals surface area contributed by atoms with Crippen molar-refractivity contribution in [2.75, 3.05) is 4.72 Å². The van der Waals surface area contributed by atoms with E-state index in [2.05, 4.69) is 4.72 Å². The maximum Gasteiger partial charge on any atom is 0.255 e. The molecule has 0 aromatic heterocycles. The van der Waals surface area contributed by atoms with Crippen LogP contribution < -0.4 is 4.72 Å². The molecule has 2 rings (SSSR count). The normalized spacial score (nSPS) is 11.6. The van der Waals surface area contributed by atoms with Crippen molar-refractivity contribution in [3.05, 3.63) is 71.1 Å². The Bertz CT molecular complexity index is 659. The standard InChI is InChI=1S/C15H15NO2S/c1-13-7-9-15(10-8-13)16-19(17,18)12-11-14-5-3-2-4-6-14/h2-12,16H,1H3/b12-11+. The van der Waals surface area contributed by atoms with Crippen LogP contribution in [0, 0.1) is 6.92 Å². The van der Waals surface area contributed by atoms with Crippen molar-refractivity contribution in [3.63, 3.8) is 0 Å². The molecule has 4 heteroatoms. The molecule has 0 aliphatic heterocycles. The van der Waals surface area contributed by atoms with Crippen LogP contribution in [0.1, 0.15) is 11.1 Å². The maximum absolute atomic E-state index is 11.9. The van der Waals surface area contributed by atoms with Crippen molar-refractivity contribution in [1.29, 1.82) is 0 Å². The van der Waals surface area contributed by atoms with Gasteiger partial charge >= 0.3 is 0 Å². The molecule has 0 unspecified atom stereocenters. The van der Waals surface area contributed by atoms with Gasteiger partial charge in [-0.2, -0.15) is 0 Å². The molecule has 0 bridgehead atoms. The summed E-state index contributed by atoms with van der Waals surface area (Å²) >= 11 is 0.